The van der Waals surface area contributed by atoms with Crippen LogP contribution in [0.15, 0.2) is 61.2 Å². The van der Waals surface area contributed by atoms with Gasteiger partial charge in [-0.05, 0) is 48.5 Å². The van der Waals surface area contributed by atoms with Crippen LogP contribution in [-0.4, -0.2) is 25.1 Å². The number of anilines is 1. The summed E-state index contributed by atoms with van der Waals surface area (Å²) in [5, 5.41) is 11.5. The number of amides is 1. The first-order valence-electron chi connectivity index (χ1n) is 7.96. The molecule has 1 N–H and O–H groups in total. The molecule has 26 heavy (non-hydrogen) atoms. The number of carbonyl (C=O) groups excluding carboxylic acids is 2. The highest BCUT2D eigenvalue weighted by Crippen LogP contribution is 2.15. The monoisotopic (exact) mass is 350 g/mol. The fraction of sp³-hybridized carbons (Fsp3) is 0.150. The third kappa shape index (κ3) is 5.80. The molecule has 0 aliphatic carbocycles. The molecule has 2 aromatic rings. The Hall–Kier alpha value is -3.59. The molecular weight excluding hydrogens is 332 g/mol. The molecule has 0 aromatic heterocycles. The first-order valence-corrected chi connectivity index (χ1v) is 7.96. The minimum absolute atomic E-state index is 0.252. The van der Waals surface area contributed by atoms with Crippen LogP contribution in [0.2, 0.25) is 0 Å². The van der Waals surface area contributed by atoms with Gasteiger partial charge in [0.25, 0.3) is 5.91 Å². The molecule has 0 aliphatic heterocycles. The first kappa shape index (κ1) is 18.7. The van der Waals surface area contributed by atoms with Crippen molar-refractivity contribution >= 4 is 17.6 Å². The maximum Gasteiger partial charge on any atom is 0.330 e. The van der Waals surface area contributed by atoms with Gasteiger partial charge in [0.2, 0.25) is 0 Å². The zero-order valence-corrected chi connectivity index (χ0v) is 14.1. The van der Waals surface area contributed by atoms with Gasteiger partial charge in [-0.3, -0.25) is 4.79 Å². The van der Waals surface area contributed by atoms with Gasteiger partial charge < -0.3 is 14.8 Å². The summed E-state index contributed by atoms with van der Waals surface area (Å²) in [6, 6.07) is 15.4. The van der Waals surface area contributed by atoms with E-state index in [-0.39, 0.29) is 12.5 Å². The number of esters is 1. The highest BCUT2D eigenvalue weighted by atomic mass is 16.5. The largest absolute Gasteiger partial charge is 0.493 e. The summed E-state index contributed by atoms with van der Waals surface area (Å²) in [7, 11) is 0. The van der Waals surface area contributed by atoms with Crippen LogP contribution in [0.1, 0.15) is 22.3 Å². The Morgan fingerprint density at radius 2 is 1.77 bits per heavy atom. The normalized spacial score (nSPS) is 9.65. The van der Waals surface area contributed by atoms with Gasteiger partial charge in [0.05, 0.1) is 24.8 Å². The van der Waals surface area contributed by atoms with Gasteiger partial charge in [0.1, 0.15) is 5.75 Å². The number of rotatable bonds is 8. The number of hydrogen-bond donors (Lipinski definition) is 1. The molecule has 6 heteroatoms. The number of benzene rings is 2. The summed E-state index contributed by atoms with van der Waals surface area (Å²) < 4.78 is 10.4. The Labute approximate surface area is 151 Å². The van der Waals surface area contributed by atoms with Gasteiger partial charge in [-0.2, -0.15) is 5.26 Å². The molecule has 0 fully saturated rings. The highest BCUT2D eigenvalue weighted by Gasteiger charge is 2.06. The van der Waals surface area contributed by atoms with Crippen molar-refractivity contribution in [3.05, 3.63) is 72.3 Å². The fourth-order valence-corrected chi connectivity index (χ4v) is 2.01. The van der Waals surface area contributed by atoms with E-state index >= 15 is 0 Å². The van der Waals surface area contributed by atoms with E-state index in [1.165, 1.54) is 0 Å². The van der Waals surface area contributed by atoms with E-state index < -0.39 is 5.97 Å². The predicted octanol–water partition coefficient (Wildman–Crippen LogP) is 3.31. The first-order chi connectivity index (χ1) is 12.6. The summed E-state index contributed by atoms with van der Waals surface area (Å²) >= 11 is 0. The molecule has 0 aliphatic rings. The Morgan fingerprint density at radius 3 is 2.38 bits per heavy atom. The van der Waals surface area contributed by atoms with Crippen molar-refractivity contribution in [1.82, 2.24) is 0 Å². The minimum atomic E-state index is -0.456. The molecule has 0 saturated heterocycles. The van der Waals surface area contributed by atoms with Gasteiger partial charge in [-0.15, -0.1) is 0 Å². The van der Waals surface area contributed by atoms with Gasteiger partial charge in [-0.1, -0.05) is 6.58 Å². The van der Waals surface area contributed by atoms with Gasteiger partial charge in [-0.25, -0.2) is 4.79 Å². The molecule has 0 bridgehead atoms. The smallest absolute Gasteiger partial charge is 0.330 e. The molecule has 6 nitrogen and oxygen atoms in total. The highest BCUT2D eigenvalue weighted by molar-refractivity contribution is 6.04. The molecule has 0 atom stereocenters. The number of carbonyl (C=O) groups is 2. The van der Waals surface area contributed by atoms with Gasteiger partial charge >= 0.3 is 5.97 Å². The van der Waals surface area contributed by atoms with Gasteiger partial charge in [0.15, 0.2) is 0 Å². The molecule has 0 radical (unpaired) electrons. The zero-order valence-electron chi connectivity index (χ0n) is 14.1. The second-order valence-corrected chi connectivity index (χ2v) is 5.24. The van der Waals surface area contributed by atoms with Gasteiger partial charge in [0, 0.05) is 23.7 Å². The SMILES string of the molecule is C=CC(=O)OCCCOc1ccc(C(=O)Nc2ccc(C#N)cc2)cc1. The average molecular weight is 350 g/mol. The lowest BCUT2D eigenvalue weighted by atomic mass is 10.2. The third-order valence-electron chi connectivity index (χ3n) is 3.36. The number of nitrogens with zero attached hydrogens (tertiary/aromatic N) is 1. The topological polar surface area (TPSA) is 88.4 Å². The second-order valence-electron chi connectivity index (χ2n) is 5.24. The van der Waals surface area contributed by atoms with E-state index in [0.29, 0.717) is 35.6 Å². The lowest BCUT2D eigenvalue weighted by Crippen LogP contribution is -2.11. The molecule has 132 valence electrons. The van der Waals surface area contributed by atoms with Crippen LogP contribution >= 0.6 is 0 Å². The van der Waals surface area contributed by atoms with Crippen LogP contribution < -0.4 is 10.1 Å². The van der Waals surface area contributed by atoms with Crippen molar-refractivity contribution in [2.75, 3.05) is 18.5 Å². The molecule has 2 rings (SSSR count). The van der Waals surface area contributed by atoms with Crippen molar-refractivity contribution in [3.63, 3.8) is 0 Å². The summed E-state index contributed by atoms with van der Waals surface area (Å²) in [4.78, 5) is 23.1. The van der Waals surface area contributed by atoms with E-state index in [2.05, 4.69) is 11.9 Å². The Kier molecular flexibility index (Phi) is 6.95. The van der Waals surface area contributed by atoms with Crippen molar-refractivity contribution in [2.24, 2.45) is 0 Å². The van der Waals surface area contributed by atoms with Crippen LogP contribution in [-0.2, 0) is 9.53 Å². The Bertz CT molecular complexity index is 805. The number of hydrogen-bond acceptors (Lipinski definition) is 5. The lowest BCUT2D eigenvalue weighted by molar-refractivity contribution is -0.137. The number of nitriles is 1. The molecule has 0 unspecified atom stereocenters. The quantitative estimate of drug-likeness (QED) is 0.448. The summed E-state index contributed by atoms with van der Waals surface area (Å²) in [6.45, 7) is 3.96. The Balaban J connectivity index is 1.80. The van der Waals surface area contributed by atoms with E-state index in [1.54, 1.807) is 48.5 Å². The van der Waals surface area contributed by atoms with Crippen LogP contribution in [0.3, 0.4) is 0 Å². The van der Waals surface area contributed by atoms with Crippen LogP contribution in [0.5, 0.6) is 5.75 Å². The lowest BCUT2D eigenvalue weighted by Gasteiger charge is -2.08. The second kappa shape index (κ2) is 9.64. The van der Waals surface area contributed by atoms with Crippen LogP contribution in [0.25, 0.3) is 0 Å². The van der Waals surface area contributed by atoms with Crippen molar-refractivity contribution in [3.8, 4) is 11.8 Å². The zero-order chi connectivity index (χ0) is 18.8. The molecule has 0 heterocycles. The molecule has 0 spiro atoms. The summed E-state index contributed by atoms with van der Waals surface area (Å²) in [5.74, 6) is -0.0878. The van der Waals surface area contributed by atoms with Crippen molar-refractivity contribution < 1.29 is 19.1 Å². The summed E-state index contributed by atoms with van der Waals surface area (Å²) in [6.07, 6.45) is 1.67. The molecule has 2 aromatic carbocycles. The molecule has 0 saturated carbocycles. The predicted molar refractivity (Wildman–Crippen MR) is 96.8 cm³/mol. The maximum absolute atomic E-state index is 12.2. The molecular formula is C20H18N2O4. The average Bonchev–Trinajstić information content (AvgIpc) is 2.68. The van der Waals surface area contributed by atoms with Crippen LogP contribution in [0, 0.1) is 11.3 Å². The van der Waals surface area contributed by atoms with Crippen LogP contribution in [0.4, 0.5) is 5.69 Å². The van der Waals surface area contributed by atoms with Crippen molar-refractivity contribution in [1.29, 1.82) is 5.26 Å². The standard InChI is InChI=1S/C20H18N2O4/c1-2-19(23)26-13-3-12-25-18-10-6-16(7-11-18)20(24)22-17-8-4-15(14-21)5-9-17/h2,4-11H,1,3,12-13H2,(H,22,24). The molecule has 1 amide bonds. The van der Waals surface area contributed by atoms with E-state index in [9.17, 15) is 9.59 Å². The fourth-order valence-electron chi connectivity index (χ4n) is 2.01. The third-order valence-corrected chi connectivity index (χ3v) is 3.36. The number of nitrogens with one attached hydrogen (secondary N) is 1. The summed E-state index contributed by atoms with van der Waals surface area (Å²) in [5.41, 5.74) is 1.63. The van der Waals surface area contributed by atoms with E-state index in [0.717, 1.165) is 6.08 Å². The van der Waals surface area contributed by atoms with E-state index in [1.807, 2.05) is 6.07 Å². The maximum atomic E-state index is 12.2. The minimum Gasteiger partial charge on any atom is -0.493 e. The Morgan fingerprint density at radius 1 is 1.08 bits per heavy atom. The van der Waals surface area contributed by atoms with E-state index in [4.69, 9.17) is 14.7 Å². The number of ether oxygens (including phenoxy) is 2. The van der Waals surface area contributed by atoms with Crippen molar-refractivity contribution in [2.45, 2.75) is 6.42 Å².